The molecular formula is C37H33N3O4S. The van der Waals surface area contributed by atoms with Crippen molar-refractivity contribution >= 4 is 57.7 Å². The number of rotatable bonds is 11. The molecule has 5 aromatic carbocycles. The second-order valence-corrected chi connectivity index (χ2v) is 11.4. The molecule has 0 bridgehead atoms. The number of fused-ring (bicyclic) bond motifs is 1. The van der Waals surface area contributed by atoms with E-state index in [2.05, 4.69) is 16.0 Å². The van der Waals surface area contributed by atoms with Gasteiger partial charge in [0.25, 0.3) is 11.8 Å². The lowest BCUT2D eigenvalue weighted by molar-refractivity contribution is -0.116. The monoisotopic (exact) mass is 615 g/mol. The minimum atomic E-state index is -0.506. The van der Waals surface area contributed by atoms with Gasteiger partial charge in [-0.25, -0.2) is 0 Å². The van der Waals surface area contributed by atoms with Crippen LogP contribution in [0.4, 0.5) is 11.4 Å². The first kappa shape index (κ1) is 31.1. The maximum Gasteiger partial charge on any atom is 0.272 e. The van der Waals surface area contributed by atoms with Crippen LogP contribution in [-0.4, -0.2) is 30.1 Å². The van der Waals surface area contributed by atoms with Crippen LogP contribution in [0.5, 0.6) is 5.75 Å². The number of benzene rings is 5. The first-order valence-electron chi connectivity index (χ1n) is 14.5. The smallest absolute Gasteiger partial charge is 0.272 e. The van der Waals surface area contributed by atoms with Gasteiger partial charge < -0.3 is 20.7 Å². The second-order valence-electron chi connectivity index (χ2n) is 10.2. The number of hydrogen-bond acceptors (Lipinski definition) is 5. The fourth-order valence-electron chi connectivity index (χ4n) is 4.71. The molecule has 45 heavy (non-hydrogen) atoms. The van der Waals surface area contributed by atoms with Crippen LogP contribution >= 0.6 is 11.8 Å². The molecule has 3 amide bonds. The molecule has 226 valence electrons. The molecule has 1 atom stereocenters. The van der Waals surface area contributed by atoms with Crippen molar-refractivity contribution in [2.75, 3.05) is 17.7 Å². The third kappa shape index (κ3) is 8.19. The Balaban J connectivity index is 1.31. The van der Waals surface area contributed by atoms with Crippen molar-refractivity contribution in [1.82, 2.24) is 5.32 Å². The zero-order chi connectivity index (χ0) is 31.6. The molecule has 5 aromatic rings. The molecule has 0 aliphatic carbocycles. The summed E-state index contributed by atoms with van der Waals surface area (Å²) in [5.74, 6) is -0.464. The molecule has 0 radical (unpaired) electrons. The van der Waals surface area contributed by atoms with E-state index in [1.165, 1.54) is 11.8 Å². The Hall–Kier alpha value is -5.34. The molecule has 0 aromatic heterocycles. The first-order chi connectivity index (χ1) is 21.9. The largest absolute Gasteiger partial charge is 0.496 e. The summed E-state index contributed by atoms with van der Waals surface area (Å²) in [4.78, 5) is 40.6. The zero-order valence-corrected chi connectivity index (χ0v) is 25.8. The minimum absolute atomic E-state index is 0.0487. The van der Waals surface area contributed by atoms with Gasteiger partial charge in [-0.3, -0.25) is 14.4 Å². The van der Waals surface area contributed by atoms with E-state index in [9.17, 15) is 14.4 Å². The predicted molar refractivity (Wildman–Crippen MR) is 182 cm³/mol. The maximum atomic E-state index is 13.6. The van der Waals surface area contributed by atoms with E-state index < -0.39 is 11.8 Å². The number of thioether (sulfide) groups is 1. The molecule has 5 rings (SSSR count). The summed E-state index contributed by atoms with van der Waals surface area (Å²) in [5.41, 5.74) is 2.36. The number of ether oxygens (including phenoxy) is 1. The third-order valence-corrected chi connectivity index (χ3v) is 8.38. The topological polar surface area (TPSA) is 96.5 Å². The standard InChI is InChI=1S/C37H33N3O4S/c1-3-34(37(43)39-30-21-20-25-12-7-8-15-27(25)22-30)45-31-18-11-17-29(24-31)38-36(42)32(23-28-16-9-10-19-33(28)44-2)40-35(41)26-13-5-4-6-14-26/h4-24,34H,3H2,1-2H3,(H,38,42)(H,39,43)(H,40,41)/b32-23+. The average Bonchev–Trinajstić information content (AvgIpc) is 3.07. The van der Waals surface area contributed by atoms with Crippen molar-refractivity contribution in [3.63, 3.8) is 0 Å². The van der Waals surface area contributed by atoms with Crippen LogP contribution < -0.4 is 20.7 Å². The van der Waals surface area contributed by atoms with Gasteiger partial charge in [-0.15, -0.1) is 11.8 Å². The van der Waals surface area contributed by atoms with E-state index in [-0.39, 0.29) is 16.9 Å². The number of methoxy groups -OCH3 is 1. The van der Waals surface area contributed by atoms with Gasteiger partial charge in [0.15, 0.2) is 0 Å². The van der Waals surface area contributed by atoms with E-state index in [1.807, 2.05) is 85.8 Å². The SMILES string of the molecule is CCC(Sc1cccc(NC(=O)/C(=C\c2ccccc2OC)NC(=O)c2ccccc2)c1)C(=O)Nc1ccc2ccccc2c1. The Kier molecular flexibility index (Phi) is 10.3. The Morgan fingerprint density at radius 1 is 0.756 bits per heavy atom. The summed E-state index contributed by atoms with van der Waals surface area (Å²) in [5, 5.41) is 10.5. The molecule has 1 unspecified atom stereocenters. The number of anilines is 2. The van der Waals surface area contributed by atoms with Crippen LogP contribution in [0.3, 0.4) is 0 Å². The van der Waals surface area contributed by atoms with Crippen LogP contribution in [0.25, 0.3) is 16.8 Å². The summed E-state index contributed by atoms with van der Waals surface area (Å²) in [6.45, 7) is 1.97. The maximum absolute atomic E-state index is 13.6. The quantitative estimate of drug-likeness (QED) is 0.104. The summed E-state index contributed by atoms with van der Waals surface area (Å²) >= 11 is 1.42. The van der Waals surface area contributed by atoms with Crippen LogP contribution in [0, 0.1) is 0 Å². The van der Waals surface area contributed by atoms with Crippen molar-refractivity contribution < 1.29 is 19.1 Å². The lowest BCUT2D eigenvalue weighted by Gasteiger charge is -2.16. The summed E-state index contributed by atoms with van der Waals surface area (Å²) < 4.78 is 5.45. The van der Waals surface area contributed by atoms with Gasteiger partial charge in [-0.05, 0) is 71.8 Å². The van der Waals surface area contributed by atoms with Gasteiger partial charge >= 0.3 is 0 Å². The molecule has 0 heterocycles. The van der Waals surface area contributed by atoms with E-state index in [4.69, 9.17) is 4.74 Å². The normalized spacial score (nSPS) is 11.8. The van der Waals surface area contributed by atoms with Crippen LogP contribution in [0.2, 0.25) is 0 Å². The lowest BCUT2D eigenvalue weighted by atomic mass is 10.1. The molecule has 0 aliphatic heterocycles. The van der Waals surface area contributed by atoms with Gasteiger partial charge in [0.05, 0.1) is 12.4 Å². The Morgan fingerprint density at radius 3 is 2.24 bits per heavy atom. The fourth-order valence-corrected chi connectivity index (χ4v) is 5.72. The molecule has 0 spiro atoms. The zero-order valence-electron chi connectivity index (χ0n) is 25.0. The van der Waals surface area contributed by atoms with Gasteiger partial charge in [0, 0.05) is 27.4 Å². The van der Waals surface area contributed by atoms with Crippen molar-refractivity contribution in [2.45, 2.75) is 23.5 Å². The molecule has 0 fully saturated rings. The van der Waals surface area contributed by atoms with Crippen LogP contribution in [0.15, 0.2) is 132 Å². The number of carbonyl (C=O) groups excluding carboxylic acids is 3. The predicted octanol–water partition coefficient (Wildman–Crippen LogP) is 7.77. The van der Waals surface area contributed by atoms with Gasteiger partial charge in [0.2, 0.25) is 5.91 Å². The Labute approximate surface area is 266 Å². The summed E-state index contributed by atoms with van der Waals surface area (Å²) in [6, 6.07) is 37.1. The van der Waals surface area contributed by atoms with E-state index in [0.717, 1.165) is 21.4 Å². The van der Waals surface area contributed by atoms with E-state index in [1.54, 1.807) is 55.7 Å². The molecule has 3 N–H and O–H groups in total. The molecule has 0 saturated heterocycles. The molecular weight excluding hydrogens is 582 g/mol. The average molecular weight is 616 g/mol. The molecule has 7 nitrogen and oxygen atoms in total. The lowest BCUT2D eigenvalue weighted by Crippen LogP contribution is -2.30. The molecule has 0 saturated carbocycles. The highest BCUT2D eigenvalue weighted by molar-refractivity contribution is 8.00. The van der Waals surface area contributed by atoms with Crippen molar-refractivity contribution in [3.05, 3.63) is 138 Å². The second kappa shape index (κ2) is 14.9. The Morgan fingerprint density at radius 2 is 1.47 bits per heavy atom. The molecule has 8 heteroatoms. The number of nitrogens with one attached hydrogen (secondary N) is 3. The highest BCUT2D eigenvalue weighted by Gasteiger charge is 2.20. The van der Waals surface area contributed by atoms with Crippen molar-refractivity contribution in [3.8, 4) is 5.75 Å². The van der Waals surface area contributed by atoms with Crippen molar-refractivity contribution in [1.29, 1.82) is 0 Å². The van der Waals surface area contributed by atoms with Gasteiger partial charge in [-0.2, -0.15) is 0 Å². The van der Waals surface area contributed by atoms with E-state index >= 15 is 0 Å². The number of amides is 3. The van der Waals surface area contributed by atoms with Crippen LogP contribution in [0.1, 0.15) is 29.3 Å². The number of hydrogen-bond donors (Lipinski definition) is 3. The fraction of sp³-hybridized carbons (Fsp3) is 0.108. The number of para-hydroxylation sites is 1. The van der Waals surface area contributed by atoms with Gasteiger partial charge in [-0.1, -0.05) is 79.7 Å². The highest BCUT2D eigenvalue weighted by Crippen LogP contribution is 2.29. The third-order valence-electron chi connectivity index (χ3n) is 7.02. The summed E-state index contributed by atoms with van der Waals surface area (Å²) in [7, 11) is 1.55. The minimum Gasteiger partial charge on any atom is -0.496 e. The first-order valence-corrected chi connectivity index (χ1v) is 15.4. The Bertz CT molecular complexity index is 1860. The van der Waals surface area contributed by atoms with Crippen LogP contribution in [-0.2, 0) is 9.59 Å². The highest BCUT2D eigenvalue weighted by atomic mass is 32.2. The number of carbonyl (C=O) groups is 3. The summed E-state index contributed by atoms with van der Waals surface area (Å²) in [6.07, 6.45) is 2.19. The van der Waals surface area contributed by atoms with Gasteiger partial charge in [0.1, 0.15) is 11.4 Å². The molecule has 0 aliphatic rings. The van der Waals surface area contributed by atoms with Crippen molar-refractivity contribution in [2.24, 2.45) is 0 Å². The van der Waals surface area contributed by atoms with E-state index in [0.29, 0.717) is 29.0 Å².